The quantitative estimate of drug-likeness (QED) is 0.737. The van der Waals surface area contributed by atoms with Crippen molar-refractivity contribution in [1.82, 2.24) is 0 Å². The van der Waals surface area contributed by atoms with Gasteiger partial charge in [-0.15, -0.1) is 0 Å². The second kappa shape index (κ2) is 4.66. The molecule has 0 spiro atoms. The molecule has 2 rings (SSSR count). The molecule has 0 amide bonds. The molecular formula is C13H12O3. The zero-order valence-corrected chi connectivity index (χ0v) is 8.97. The van der Waals surface area contributed by atoms with Gasteiger partial charge in [-0.25, -0.2) is 0 Å². The molecule has 0 atom stereocenters. The van der Waals surface area contributed by atoms with Crippen LogP contribution < -0.4 is 4.74 Å². The number of carbonyl (C=O) groups is 1. The third-order valence-electron chi connectivity index (χ3n) is 2.29. The van der Waals surface area contributed by atoms with Gasteiger partial charge >= 0.3 is 0 Å². The third kappa shape index (κ3) is 2.31. The number of rotatable bonds is 4. The Hall–Kier alpha value is -2.03. The van der Waals surface area contributed by atoms with E-state index < -0.39 is 0 Å². The number of benzene rings is 1. The maximum atomic E-state index is 11.7. The second-order valence-corrected chi connectivity index (χ2v) is 3.43. The minimum absolute atomic E-state index is 0.0294. The van der Waals surface area contributed by atoms with Crippen molar-refractivity contribution < 1.29 is 13.9 Å². The summed E-state index contributed by atoms with van der Waals surface area (Å²) in [6.07, 6.45) is 1.82. The monoisotopic (exact) mass is 216 g/mol. The zero-order valence-electron chi connectivity index (χ0n) is 8.97. The molecule has 1 aromatic carbocycles. The first-order valence-electron chi connectivity index (χ1n) is 4.99. The molecule has 1 heterocycles. The molecule has 0 unspecified atom stereocenters. The van der Waals surface area contributed by atoms with E-state index in [1.807, 2.05) is 24.3 Å². The van der Waals surface area contributed by atoms with Crippen LogP contribution >= 0.6 is 0 Å². The van der Waals surface area contributed by atoms with Crippen molar-refractivity contribution in [1.29, 1.82) is 0 Å². The van der Waals surface area contributed by atoms with Crippen LogP contribution in [0.4, 0.5) is 0 Å². The number of Topliss-reactive ketones (excluding diaryl/α,β-unsaturated/α-hetero) is 1. The highest BCUT2D eigenvalue weighted by molar-refractivity contribution is 5.94. The molecule has 82 valence electrons. The largest absolute Gasteiger partial charge is 0.497 e. The average Bonchev–Trinajstić information content (AvgIpc) is 2.83. The summed E-state index contributed by atoms with van der Waals surface area (Å²) in [5, 5.41) is 0. The van der Waals surface area contributed by atoms with Crippen molar-refractivity contribution in [3.63, 3.8) is 0 Å². The van der Waals surface area contributed by atoms with Gasteiger partial charge in [0.1, 0.15) is 5.75 Å². The SMILES string of the molecule is COc1cccc(CC(=O)c2ccco2)c1. The summed E-state index contributed by atoms with van der Waals surface area (Å²) in [7, 11) is 1.60. The Morgan fingerprint density at radius 2 is 2.19 bits per heavy atom. The van der Waals surface area contributed by atoms with Crippen molar-refractivity contribution in [2.24, 2.45) is 0 Å². The van der Waals surface area contributed by atoms with Gasteiger partial charge in [-0.2, -0.15) is 0 Å². The van der Waals surface area contributed by atoms with Gasteiger partial charge in [0.15, 0.2) is 5.76 Å². The van der Waals surface area contributed by atoms with Crippen LogP contribution in [0, 0.1) is 0 Å². The molecule has 2 aromatic rings. The fourth-order valence-electron chi connectivity index (χ4n) is 1.49. The van der Waals surface area contributed by atoms with Crippen LogP contribution in [-0.2, 0) is 6.42 Å². The number of ketones is 1. The molecule has 0 saturated heterocycles. The first-order chi connectivity index (χ1) is 7.79. The van der Waals surface area contributed by atoms with E-state index in [1.54, 1.807) is 19.2 Å². The van der Waals surface area contributed by atoms with E-state index in [4.69, 9.17) is 9.15 Å². The molecule has 16 heavy (non-hydrogen) atoms. The van der Waals surface area contributed by atoms with Crippen LogP contribution in [0.3, 0.4) is 0 Å². The number of methoxy groups -OCH3 is 1. The molecule has 0 fully saturated rings. The summed E-state index contributed by atoms with van der Waals surface area (Å²) < 4.78 is 10.1. The van der Waals surface area contributed by atoms with Crippen molar-refractivity contribution in [3.8, 4) is 5.75 Å². The van der Waals surface area contributed by atoms with Crippen LogP contribution in [0.2, 0.25) is 0 Å². The fourth-order valence-corrected chi connectivity index (χ4v) is 1.49. The molecular weight excluding hydrogens is 204 g/mol. The normalized spacial score (nSPS) is 10.1. The summed E-state index contributed by atoms with van der Waals surface area (Å²) in [6, 6.07) is 10.8. The summed E-state index contributed by atoms with van der Waals surface area (Å²) in [4.78, 5) is 11.7. The fraction of sp³-hybridized carbons (Fsp3) is 0.154. The van der Waals surface area contributed by atoms with Crippen LogP contribution in [0.25, 0.3) is 0 Å². The Balaban J connectivity index is 2.12. The van der Waals surface area contributed by atoms with E-state index in [2.05, 4.69) is 0 Å². The Morgan fingerprint density at radius 1 is 1.31 bits per heavy atom. The molecule has 0 aliphatic carbocycles. The van der Waals surface area contributed by atoms with Gasteiger partial charge < -0.3 is 9.15 Å². The Labute approximate surface area is 93.7 Å². The van der Waals surface area contributed by atoms with Gasteiger partial charge in [0.05, 0.1) is 13.4 Å². The molecule has 0 saturated carbocycles. The maximum Gasteiger partial charge on any atom is 0.202 e. The van der Waals surface area contributed by atoms with Gasteiger partial charge in [0.25, 0.3) is 0 Å². The number of hydrogen-bond acceptors (Lipinski definition) is 3. The predicted octanol–water partition coefficient (Wildman–Crippen LogP) is 2.71. The van der Waals surface area contributed by atoms with Gasteiger partial charge in [-0.3, -0.25) is 4.79 Å². The van der Waals surface area contributed by atoms with E-state index in [1.165, 1.54) is 6.26 Å². The number of carbonyl (C=O) groups excluding carboxylic acids is 1. The lowest BCUT2D eigenvalue weighted by Gasteiger charge is -2.02. The summed E-state index contributed by atoms with van der Waals surface area (Å²) in [6.45, 7) is 0. The predicted molar refractivity (Wildman–Crippen MR) is 59.7 cm³/mol. The lowest BCUT2D eigenvalue weighted by atomic mass is 10.1. The highest BCUT2D eigenvalue weighted by atomic mass is 16.5. The first kappa shape index (κ1) is 10.5. The van der Waals surface area contributed by atoms with E-state index in [9.17, 15) is 4.79 Å². The van der Waals surface area contributed by atoms with Crippen molar-refractivity contribution in [2.45, 2.75) is 6.42 Å². The Morgan fingerprint density at radius 3 is 2.88 bits per heavy atom. The molecule has 0 N–H and O–H groups in total. The van der Waals surface area contributed by atoms with E-state index >= 15 is 0 Å². The lowest BCUT2D eigenvalue weighted by Crippen LogP contribution is -2.02. The molecule has 0 radical (unpaired) electrons. The van der Waals surface area contributed by atoms with E-state index in [0.717, 1.165) is 11.3 Å². The molecule has 3 nitrogen and oxygen atoms in total. The van der Waals surface area contributed by atoms with Crippen LogP contribution in [0.5, 0.6) is 5.75 Å². The second-order valence-electron chi connectivity index (χ2n) is 3.43. The maximum absolute atomic E-state index is 11.7. The number of ether oxygens (including phenoxy) is 1. The number of furan rings is 1. The number of hydrogen-bond donors (Lipinski definition) is 0. The zero-order chi connectivity index (χ0) is 11.4. The van der Waals surface area contributed by atoms with Crippen LogP contribution in [-0.4, -0.2) is 12.9 Å². The van der Waals surface area contributed by atoms with Gasteiger partial charge in [-0.1, -0.05) is 12.1 Å². The van der Waals surface area contributed by atoms with E-state index in [-0.39, 0.29) is 5.78 Å². The van der Waals surface area contributed by atoms with Gasteiger partial charge in [0, 0.05) is 6.42 Å². The van der Waals surface area contributed by atoms with Gasteiger partial charge in [0.2, 0.25) is 5.78 Å². The first-order valence-corrected chi connectivity index (χ1v) is 4.99. The molecule has 0 aliphatic heterocycles. The Kier molecular flexibility index (Phi) is 3.05. The van der Waals surface area contributed by atoms with Crippen LogP contribution in [0.15, 0.2) is 47.1 Å². The Bertz CT molecular complexity index is 472. The average molecular weight is 216 g/mol. The molecule has 0 bridgehead atoms. The van der Waals surface area contributed by atoms with Crippen molar-refractivity contribution >= 4 is 5.78 Å². The summed E-state index contributed by atoms with van der Waals surface area (Å²) in [5.41, 5.74) is 0.917. The topological polar surface area (TPSA) is 39.4 Å². The lowest BCUT2D eigenvalue weighted by molar-refractivity contribution is 0.0966. The third-order valence-corrected chi connectivity index (χ3v) is 2.29. The summed E-state index contributed by atoms with van der Waals surface area (Å²) in [5.74, 6) is 1.12. The minimum atomic E-state index is -0.0294. The summed E-state index contributed by atoms with van der Waals surface area (Å²) >= 11 is 0. The molecule has 1 aromatic heterocycles. The van der Waals surface area contributed by atoms with Crippen molar-refractivity contribution in [2.75, 3.05) is 7.11 Å². The highest BCUT2D eigenvalue weighted by Crippen LogP contribution is 2.14. The molecule has 0 aliphatic rings. The highest BCUT2D eigenvalue weighted by Gasteiger charge is 2.09. The smallest absolute Gasteiger partial charge is 0.202 e. The van der Waals surface area contributed by atoms with Crippen LogP contribution in [0.1, 0.15) is 16.1 Å². The minimum Gasteiger partial charge on any atom is -0.497 e. The van der Waals surface area contributed by atoms with E-state index in [0.29, 0.717) is 12.2 Å². The molecule has 3 heteroatoms. The van der Waals surface area contributed by atoms with Gasteiger partial charge in [-0.05, 0) is 29.8 Å². The standard InChI is InChI=1S/C13H12O3/c1-15-11-5-2-4-10(8-11)9-12(14)13-6-3-7-16-13/h2-8H,9H2,1H3. The van der Waals surface area contributed by atoms with Crippen molar-refractivity contribution in [3.05, 3.63) is 54.0 Å².